The Hall–Kier alpha value is -1.77. The number of hydrogen-bond donors (Lipinski definition) is 1. The van der Waals surface area contributed by atoms with Gasteiger partial charge in [-0.1, -0.05) is 25.1 Å². The Kier molecular flexibility index (Phi) is 5.86. The standard InChI is InChI=1S/C14H19NO2/c1-3-12-7-9-13(10-8-12)15-11-5-6-14(16)17-4-2/h5-10,15H,3-4,11H2,1-2H3/b6-5+. The lowest BCUT2D eigenvalue weighted by atomic mass is 10.1. The molecule has 0 aromatic heterocycles. The first-order valence-electron chi connectivity index (χ1n) is 5.92. The van der Waals surface area contributed by atoms with Crippen LogP contribution in [0.4, 0.5) is 5.69 Å². The van der Waals surface area contributed by atoms with Crippen molar-refractivity contribution in [3.63, 3.8) is 0 Å². The van der Waals surface area contributed by atoms with Gasteiger partial charge in [-0.15, -0.1) is 0 Å². The molecule has 3 nitrogen and oxygen atoms in total. The number of nitrogens with one attached hydrogen (secondary N) is 1. The fourth-order valence-corrected chi connectivity index (χ4v) is 1.38. The van der Waals surface area contributed by atoms with Crippen molar-refractivity contribution in [2.45, 2.75) is 20.3 Å². The third-order valence-electron chi connectivity index (χ3n) is 2.33. The van der Waals surface area contributed by atoms with E-state index in [9.17, 15) is 4.79 Å². The summed E-state index contributed by atoms with van der Waals surface area (Å²) in [6, 6.07) is 8.27. The highest BCUT2D eigenvalue weighted by Crippen LogP contribution is 2.09. The third kappa shape index (κ3) is 5.20. The van der Waals surface area contributed by atoms with Gasteiger partial charge in [0.1, 0.15) is 0 Å². The van der Waals surface area contributed by atoms with Crippen molar-refractivity contribution < 1.29 is 9.53 Å². The number of anilines is 1. The second kappa shape index (κ2) is 7.49. The molecule has 92 valence electrons. The molecule has 1 N–H and O–H groups in total. The first kappa shape index (κ1) is 13.3. The van der Waals surface area contributed by atoms with Crippen LogP contribution in [-0.2, 0) is 16.0 Å². The molecule has 0 aliphatic rings. The van der Waals surface area contributed by atoms with Crippen LogP contribution >= 0.6 is 0 Å². The van der Waals surface area contributed by atoms with Gasteiger partial charge in [0.05, 0.1) is 6.61 Å². The van der Waals surface area contributed by atoms with Crippen LogP contribution in [0.2, 0.25) is 0 Å². The summed E-state index contributed by atoms with van der Waals surface area (Å²) in [6.07, 6.45) is 4.24. The molecule has 0 bridgehead atoms. The number of benzene rings is 1. The summed E-state index contributed by atoms with van der Waals surface area (Å²) >= 11 is 0. The number of aryl methyl sites for hydroxylation is 1. The maximum absolute atomic E-state index is 11.0. The molecule has 0 aliphatic heterocycles. The number of carbonyl (C=O) groups excluding carboxylic acids is 1. The van der Waals surface area contributed by atoms with Crippen molar-refractivity contribution in [2.75, 3.05) is 18.5 Å². The van der Waals surface area contributed by atoms with Gasteiger partial charge in [-0.05, 0) is 31.0 Å². The summed E-state index contributed by atoms with van der Waals surface area (Å²) in [5.41, 5.74) is 2.37. The van der Waals surface area contributed by atoms with Crippen molar-refractivity contribution in [1.82, 2.24) is 0 Å². The molecule has 0 unspecified atom stereocenters. The van der Waals surface area contributed by atoms with Crippen LogP contribution in [0.15, 0.2) is 36.4 Å². The number of carbonyl (C=O) groups is 1. The number of rotatable bonds is 6. The van der Waals surface area contributed by atoms with Crippen LogP contribution in [0, 0.1) is 0 Å². The molecule has 0 saturated carbocycles. The molecule has 1 rings (SSSR count). The largest absolute Gasteiger partial charge is 0.463 e. The molecule has 0 heterocycles. The van der Waals surface area contributed by atoms with E-state index in [1.54, 1.807) is 13.0 Å². The summed E-state index contributed by atoms with van der Waals surface area (Å²) in [7, 11) is 0. The maximum Gasteiger partial charge on any atom is 0.330 e. The van der Waals surface area contributed by atoms with E-state index in [4.69, 9.17) is 4.74 Å². The highest BCUT2D eigenvalue weighted by molar-refractivity contribution is 5.81. The number of ether oxygens (including phenoxy) is 1. The second-order valence-electron chi connectivity index (χ2n) is 3.59. The SMILES string of the molecule is CCOC(=O)/C=C/CNc1ccc(CC)cc1. The number of hydrogen-bond acceptors (Lipinski definition) is 3. The van der Waals surface area contributed by atoms with Crippen molar-refractivity contribution in [1.29, 1.82) is 0 Å². The Morgan fingerprint density at radius 2 is 2.00 bits per heavy atom. The van der Waals surface area contributed by atoms with Crippen LogP contribution < -0.4 is 5.32 Å². The molecular weight excluding hydrogens is 214 g/mol. The monoisotopic (exact) mass is 233 g/mol. The summed E-state index contributed by atoms with van der Waals surface area (Å²) in [5, 5.41) is 3.20. The Bertz CT molecular complexity index is 368. The van der Waals surface area contributed by atoms with E-state index >= 15 is 0 Å². The van der Waals surface area contributed by atoms with Crippen LogP contribution in [0.3, 0.4) is 0 Å². The Labute approximate surface area is 102 Å². The summed E-state index contributed by atoms with van der Waals surface area (Å²) in [6.45, 7) is 4.95. The van der Waals surface area contributed by atoms with Crippen molar-refractivity contribution in [2.24, 2.45) is 0 Å². The minimum atomic E-state index is -0.296. The average Bonchev–Trinajstić information content (AvgIpc) is 2.36. The maximum atomic E-state index is 11.0. The second-order valence-corrected chi connectivity index (χ2v) is 3.59. The van der Waals surface area contributed by atoms with Gasteiger partial charge in [-0.2, -0.15) is 0 Å². The van der Waals surface area contributed by atoms with Gasteiger partial charge in [-0.25, -0.2) is 4.79 Å². The van der Waals surface area contributed by atoms with E-state index < -0.39 is 0 Å². The lowest BCUT2D eigenvalue weighted by Crippen LogP contribution is -2.02. The smallest absolute Gasteiger partial charge is 0.330 e. The van der Waals surface area contributed by atoms with Gasteiger partial charge in [-0.3, -0.25) is 0 Å². The quantitative estimate of drug-likeness (QED) is 0.606. The van der Waals surface area contributed by atoms with E-state index in [-0.39, 0.29) is 5.97 Å². The molecule has 0 radical (unpaired) electrons. The van der Waals surface area contributed by atoms with Crippen molar-refractivity contribution in [3.05, 3.63) is 42.0 Å². The molecule has 0 amide bonds. The highest BCUT2D eigenvalue weighted by Gasteiger charge is 1.93. The van der Waals surface area contributed by atoms with E-state index in [0.717, 1.165) is 12.1 Å². The van der Waals surface area contributed by atoms with Crippen molar-refractivity contribution in [3.8, 4) is 0 Å². The van der Waals surface area contributed by atoms with Gasteiger partial charge in [0.15, 0.2) is 0 Å². The lowest BCUT2D eigenvalue weighted by Gasteiger charge is -2.04. The van der Waals surface area contributed by atoms with Crippen molar-refractivity contribution >= 4 is 11.7 Å². The Morgan fingerprint density at radius 3 is 2.59 bits per heavy atom. The van der Waals surface area contributed by atoms with Crippen LogP contribution in [-0.4, -0.2) is 19.1 Å². The highest BCUT2D eigenvalue weighted by atomic mass is 16.5. The van der Waals surface area contributed by atoms with Gasteiger partial charge in [0.2, 0.25) is 0 Å². The summed E-state index contributed by atoms with van der Waals surface area (Å²) < 4.78 is 4.77. The van der Waals surface area contributed by atoms with Gasteiger partial charge in [0, 0.05) is 18.3 Å². The fourth-order valence-electron chi connectivity index (χ4n) is 1.38. The number of esters is 1. The van der Waals surface area contributed by atoms with Gasteiger partial charge < -0.3 is 10.1 Å². The predicted molar refractivity (Wildman–Crippen MR) is 70.1 cm³/mol. The zero-order valence-corrected chi connectivity index (χ0v) is 10.4. The minimum Gasteiger partial charge on any atom is -0.463 e. The normalized spacial score (nSPS) is 10.5. The minimum absolute atomic E-state index is 0.296. The molecule has 0 fully saturated rings. The Morgan fingerprint density at radius 1 is 1.29 bits per heavy atom. The Balaban J connectivity index is 2.32. The fraction of sp³-hybridized carbons (Fsp3) is 0.357. The van der Waals surface area contributed by atoms with E-state index in [1.165, 1.54) is 11.6 Å². The molecule has 1 aromatic carbocycles. The molecule has 0 saturated heterocycles. The van der Waals surface area contributed by atoms with Gasteiger partial charge in [0.25, 0.3) is 0 Å². The topological polar surface area (TPSA) is 38.3 Å². The molecule has 0 spiro atoms. The van der Waals surface area contributed by atoms with Crippen LogP contribution in [0.1, 0.15) is 19.4 Å². The lowest BCUT2D eigenvalue weighted by molar-refractivity contribution is -0.137. The predicted octanol–water partition coefficient (Wildman–Crippen LogP) is 2.78. The molecule has 17 heavy (non-hydrogen) atoms. The zero-order chi connectivity index (χ0) is 12.5. The molecule has 1 aromatic rings. The average molecular weight is 233 g/mol. The first-order chi connectivity index (χ1) is 8.26. The van der Waals surface area contributed by atoms with Crippen LogP contribution in [0.5, 0.6) is 0 Å². The van der Waals surface area contributed by atoms with E-state index in [2.05, 4.69) is 24.4 Å². The van der Waals surface area contributed by atoms with Gasteiger partial charge >= 0.3 is 5.97 Å². The first-order valence-corrected chi connectivity index (χ1v) is 5.92. The molecule has 0 aliphatic carbocycles. The van der Waals surface area contributed by atoms with E-state index in [0.29, 0.717) is 13.2 Å². The van der Waals surface area contributed by atoms with E-state index in [1.807, 2.05) is 12.1 Å². The molecular formula is C14H19NO2. The zero-order valence-electron chi connectivity index (χ0n) is 10.4. The van der Waals surface area contributed by atoms with Crippen LogP contribution in [0.25, 0.3) is 0 Å². The summed E-state index contributed by atoms with van der Waals surface area (Å²) in [5.74, 6) is -0.296. The third-order valence-corrected chi connectivity index (χ3v) is 2.33. The molecule has 0 atom stereocenters. The molecule has 3 heteroatoms. The summed E-state index contributed by atoms with van der Waals surface area (Å²) in [4.78, 5) is 11.0.